The van der Waals surface area contributed by atoms with Gasteiger partial charge in [0.25, 0.3) is 0 Å². The molecule has 0 spiro atoms. The number of nitrogens with two attached hydrogens (primary N) is 1. The van der Waals surface area contributed by atoms with Gasteiger partial charge in [-0.1, -0.05) is 32.6 Å². The fraction of sp³-hybridized carbons (Fsp3) is 0.929. The van der Waals surface area contributed by atoms with Crippen LogP contribution < -0.4 is 11.1 Å². The second kappa shape index (κ2) is 5.85. The summed E-state index contributed by atoms with van der Waals surface area (Å²) in [6.45, 7) is 2.17. The Kier molecular flexibility index (Phi) is 4.43. The molecular weight excluding hydrogens is 212 g/mol. The van der Waals surface area contributed by atoms with E-state index in [-0.39, 0.29) is 17.9 Å². The second-order valence-electron chi connectivity index (χ2n) is 5.94. The molecule has 2 aliphatic carbocycles. The van der Waals surface area contributed by atoms with Crippen LogP contribution in [0.5, 0.6) is 0 Å². The van der Waals surface area contributed by atoms with Gasteiger partial charge in [-0.15, -0.1) is 0 Å². The predicted molar refractivity (Wildman–Crippen MR) is 69.5 cm³/mol. The molecule has 2 saturated carbocycles. The van der Waals surface area contributed by atoms with Crippen LogP contribution in [-0.4, -0.2) is 18.0 Å². The van der Waals surface area contributed by atoms with Crippen LogP contribution in [-0.2, 0) is 4.79 Å². The van der Waals surface area contributed by atoms with Crippen LogP contribution in [0.25, 0.3) is 0 Å². The smallest absolute Gasteiger partial charge is 0.224 e. The van der Waals surface area contributed by atoms with Crippen molar-refractivity contribution in [3.63, 3.8) is 0 Å². The molecule has 0 aromatic carbocycles. The maximum Gasteiger partial charge on any atom is 0.224 e. The zero-order valence-corrected chi connectivity index (χ0v) is 11.0. The van der Waals surface area contributed by atoms with E-state index in [1.54, 1.807) is 0 Å². The first-order valence-corrected chi connectivity index (χ1v) is 7.24. The van der Waals surface area contributed by atoms with Gasteiger partial charge in [-0.25, -0.2) is 0 Å². The van der Waals surface area contributed by atoms with Gasteiger partial charge in [0, 0.05) is 12.1 Å². The molecule has 0 radical (unpaired) electrons. The third-order valence-corrected chi connectivity index (χ3v) is 4.58. The normalized spacial score (nSPS) is 35.5. The Bertz CT molecular complexity index is 261. The first-order valence-electron chi connectivity index (χ1n) is 7.24. The monoisotopic (exact) mass is 238 g/mol. The fourth-order valence-corrected chi connectivity index (χ4v) is 3.30. The highest BCUT2D eigenvalue weighted by molar-refractivity contribution is 5.79. The van der Waals surface area contributed by atoms with Crippen LogP contribution in [0.15, 0.2) is 0 Å². The zero-order valence-electron chi connectivity index (χ0n) is 11.0. The van der Waals surface area contributed by atoms with Crippen molar-refractivity contribution in [2.75, 3.05) is 0 Å². The summed E-state index contributed by atoms with van der Waals surface area (Å²) < 4.78 is 0. The Morgan fingerprint density at radius 2 is 1.76 bits per heavy atom. The van der Waals surface area contributed by atoms with Gasteiger partial charge in [0.1, 0.15) is 0 Å². The summed E-state index contributed by atoms with van der Waals surface area (Å²) in [5.74, 6) is 0.766. The van der Waals surface area contributed by atoms with Gasteiger partial charge in [-0.05, 0) is 31.6 Å². The SMILES string of the molecule is CC1CCCC(C(=O)NC2CCCCC2)C1N. The van der Waals surface area contributed by atoms with Gasteiger partial charge >= 0.3 is 0 Å². The predicted octanol–water partition coefficient (Wildman–Crippen LogP) is 2.20. The van der Waals surface area contributed by atoms with Gasteiger partial charge < -0.3 is 11.1 Å². The van der Waals surface area contributed by atoms with Crippen molar-refractivity contribution < 1.29 is 4.79 Å². The van der Waals surface area contributed by atoms with Crippen LogP contribution in [0.1, 0.15) is 58.3 Å². The van der Waals surface area contributed by atoms with Gasteiger partial charge in [-0.2, -0.15) is 0 Å². The molecule has 0 aliphatic heterocycles. The minimum atomic E-state index is 0.0562. The molecule has 0 heterocycles. The number of hydrogen-bond acceptors (Lipinski definition) is 2. The quantitative estimate of drug-likeness (QED) is 0.775. The Hall–Kier alpha value is -0.570. The molecule has 0 bridgehead atoms. The highest BCUT2D eigenvalue weighted by Gasteiger charge is 2.33. The molecule has 3 nitrogen and oxygen atoms in total. The summed E-state index contributed by atoms with van der Waals surface area (Å²) in [7, 11) is 0. The Morgan fingerprint density at radius 3 is 2.47 bits per heavy atom. The molecule has 98 valence electrons. The lowest BCUT2D eigenvalue weighted by Gasteiger charge is -2.34. The molecule has 0 aromatic heterocycles. The van der Waals surface area contributed by atoms with Crippen molar-refractivity contribution in [1.29, 1.82) is 0 Å². The van der Waals surface area contributed by atoms with E-state index in [2.05, 4.69) is 12.2 Å². The standard InChI is InChI=1S/C14H26N2O/c1-10-6-5-9-12(13(10)15)14(17)16-11-7-3-2-4-8-11/h10-13H,2-9,15H2,1H3,(H,16,17). The molecule has 0 aromatic rings. The average molecular weight is 238 g/mol. The zero-order chi connectivity index (χ0) is 12.3. The van der Waals surface area contributed by atoms with E-state index in [0.717, 1.165) is 25.7 Å². The number of carbonyl (C=O) groups is 1. The lowest BCUT2D eigenvalue weighted by molar-refractivity contribution is -0.128. The van der Waals surface area contributed by atoms with Crippen molar-refractivity contribution in [2.24, 2.45) is 17.6 Å². The topological polar surface area (TPSA) is 55.1 Å². The van der Waals surface area contributed by atoms with Gasteiger partial charge in [0.05, 0.1) is 5.92 Å². The van der Waals surface area contributed by atoms with E-state index in [1.807, 2.05) is 0 Å². The van der Waals surface area contributed by atoms with E-state index in [9.17, 15) is 4.79 Å². The Balaban J connectivity index is 1.85. The lowest BCUT2D eigenvalue weighted by Crippen LogP contribution is -2.49. The largest absolute Gasteiger partial charge is 0.353 e. The summed E-state index contributed by atoms with van der Waals surface area (Å²) in [6, 6.07) is 0.480. The molecule has 1 amide bonds. The molecule has 3 N–H and O–H groups in total. The Morgan fingerprint density at radius 1 is 1.06 bits per heavy atom. The summed E-state index contributed by atoms with van der Waals surface area (Å²) in [6.07, 6.45) is 9.46. The first kappa shape index (κ1) is 12.9. The molecule has 2 rings (SSSR count). The van der Waals surface area contributed by atoms with Crippen LogP contribution in [0.4, 0.5) is 0 Å². The van der Waals surface area contributed by atoms with Crippen LogP contribution in [0.2, 0.25) is 0 Å². The molecule has 3 heteroatoms. The van der Waals surface area contributed by atoms with Crippen LogP contribution >= 0.6 is 0 Å². The molecule has 3 unspecified atom stereocenters. The molecule has 2 aliphatic rings. The van der Waals surface area contributed by atoms with Gasteiger partial charge in [-0.3, -0.25) is 4.79 Å². The Labute approximate surface area is 105 Å². The summed E-state index contributed by atoms with van der Waals surface area (Å²) in [4.78, 5) is 12.2. The van der Waals surface area contributed by atoms with E-state index in [1.165, 1.54) is 25.7 Å². The minimum Gasteiger partial charge on any atom is -0.353 e. The van der Waals surface area contributed by atoms with Crippen LogP contribution in [0, 0.1) is 11.8 Å². The molecular formula is C14H26N2O. The fourth-order valence-electron chi connectivity index (χ4n) is 3.30. The van der Waals surface area contributed by atoms with Crippen molar-refractivity contribution in [2.45, 2.75) is 70.4 Å². The molecule has 17 heavy (non-hydrogen) atoms. The van der Waals surface area contributed by atoms with E-state index < -0.39 is 0 Å². The number of rotatable bonds is 2. The van der Waals surface area contributed by atoms with Crippen LogP contribution in [0.3, 0.4) is 0 Å². The number of carbonyl (C=O) groups excluding carboxylic acids is 1. The number of hydrogen-bond donors (Lipinski definition) is 2. The van der Waals surface area contributed by atoms with Crippen molar-refractivity contribution >= 4 is 5.91 Å². The van der Waals surface area contributed by atoms with Gasteiger partial charge in [0.15, 0.2) is 0 Å². The second-order valence-corrected chi connectivity index (χ2v) is 5.94. The summed E-state index contributed by atoms with van der Waals surface area (Å²) in [5, 5.41) is 3.22. The summed E-state index contributed by atoms with van der Waals surface area (Å²) >= 11 is 0. The average Bonchev–Trinajstić information content (AvgIpc) is 2.34. The first-order chi connectivity index (χ1) is 8.18. The maximum absolute atomic E-state index is 12.2. The molecule has 2 fully saturated rings. The molecule has 0 saturated heterocycles. The number of amides is 1. The van der Waals surface area contributed by atoms with E-state index in [0.29, 0.717) is 12.0 Å². The lowest BCUT2D eigenvalue weighted by atomic mass is 9.77. The highest BCUT2D eigenvalue weighted by Crippen LogP contribution is 2.28. The molecule has 3 atom stereocenters. The van der Waals surface area contributed by atoms with E-state index in [4.69, 9.17) is 5.73 Å². The summed E-state index contributed by atoms with van der Waals surface area (Å²) in [5.41, 5.74) is 6.17. The third kappa shape index (κ3) is 3.21. The van der Waals surface area contributed by atoms with Crippen molar-refractivity contribution in [3.05, 3.63) is 0 Å². The van der Waals surface area contributed by atoms with Gasteiger partial charge in [0.2, 0.25) is 5.91 Å². The minimum absolute atomic E-state index is 0.0562. The van der Waals surface area contributed by atoms with Crippen molar-refractivity contribution in [3.8, 4) is 0 Å². The van der Waals surface area contributed by atoms with E-state index >= 15 is 0 Å². The third-order valence-electron chi connectivity index (χ3n) is 4.58. The van der Waals surface area contributed by atoms with Crippen molar-refractivity contribution in [1.82, 2.24) is 5.32 Å². The number of nitrogens with one attached hydrogen (secondary N) is 1. The maximum atomic E-state index is 12.2. The highest BCUT2D eigenvalue weighted by atomic mass is 16.2.